The molecule has 6 heteroatoms. The van der Waals surface area contributed by atoms with Gasteiger partial charge >= 0.3 is 0 Å². The molecule has 0 saturated carbocycles. The van der Waals surface area contributed by atoms with E-state index in [1.54, 1.807) is 0 Å². The van der Waals surface area contributed by atoms with Crippen LogP contribution in [0.3, 0.4) is 0 Å². The van der Waals surface area contributed by atoms with Crippen molar-refractivity contribution in [1.29, 1.82) is 0 Å². The molecule has 1 saturated heterocycles. The lowest BCUT2D eigenvalue weighted by Crippen LogP contribution is -2.60. The Hall–Kier alpha value is -0.240. The van der Waals surface area contributed by atoms with Gasteiger partial charge in [0.25, 0.3) is 0 Å². The molecule has 6 nitrogen and oxygen atoms in total. The molecule has 0 bridgehead atoms. The minimum absolute atomic E-state index is 0.385. The van der Waals surface area contributed by atoms with Crippen molar-refractivity contribution in [2.45, 2.75) is 30.5 Å². The van der Waals surface area contributed by atoms with Crippen LogP contribution in [-0.4, -0.2) is 71.3 Å². The minimum Gasteiger partial charge on any atom is -0.394 e. The van der Waals surface area contributed by atoms with Crippen LogP contribution in [0.25, 0.3) is 0 Å². The van der Waals surface area contributed by atoms with E-state index >= 15 is 0 Å². The normalized spacial score (nSPS) is 43.9. The molecule has 1 heterocycles. The summed E-state index contributed by atoms with van der Waals surface area (Å²) in [5.74, 6) is 0. The molecule has 1 aliphatic heterocycles. The molecular weight excluding hydrogens is 192 g/mol. The average Bonchev–Trinajstić information content (AvgIpc) is 2.19. The first kappa shape index (κ1) is 11.8. The summed E-state index contributed by atoms with van der Waals surface area (Å²) in [4.78, 5) is 0. The maximum Gasteiger partial charge on any atom is 0.114 e. The SMILES string of the molecule is COC1[C@H](O)C(CO)O[C@@H](CO)[C@H]1O. The van der Waals surface area contributed by atoms with E-state index in [2.05, 4.69) is 0 Å². The topological polar surface area (TPSA) is 99.4 Å². The molecule has 0 radical (unpaired) electrons. The van der Waals surface area contributed by atoms with E-state index in [-0.39, 0.29) is 13.2 Å². The fourth-order valence-electron chi connectivity index (χ4n) is 1.59. The average molecular weight is 208 g/mol. The molecule has 2 unspecified atom stereocenters. The van der Waals surface area contributed by atoms with Gasteiger partial charge in [0.2, 0.25) is 0 Å². The lowest BCUT2D eigenvalue weighted by molar-refractivity contribution is -0.241. The van der Waals surface area contributed by atoms with E-state index in [4.69, 9.17) is 19.7 Å². The molecule has 0 amide bonds. The van der Waals surface area contributed by atoms with E-state index in [0.29, 0.717) is 0 Å². The minimum atomic E-state index is -1.09. The molecule has 0 aromatic rings. The molecule has 5 atom stereocenters. The van der Waals surface area contributed by atoms with Crippen molar-refractivity contribution in [3.8, 4) is 0 Å². The first-order valence-corrected chi connectivity index (χ1v) is 4.41. The zero-order valence-corrected chi connectivity index (χ0v) is 7.91. The maximum absolute atomic E-state index is 9.56. The van der Waals surface area contributed by atoms with Gasteiger partial charge in [0, 0.05) is 7.11 Å². The number of hydrogen-bond donors (Lipinski definition) is 4. The summed E-state index contributed by atoms with van der Waals surface area (Å²) in [5, 5.41) is 36.9. The molecule has 0 aromatic carbocycles. The highest BCUT2D eigenvalue weighted by molar-refractivity contribution is 4.92. The molecule has 0 aromatic heterocycles. The summed E-state index contributed by atoms with van der Waals surface area (Å²) in [6.45, 7) is -0.769. The van der Waals surface area contributed by atoms with Gasteiger partial charge in [0.1, 0.15) is 30.5 Å². The van der Waals surface area contributed by atoms with E-state index < -0.39 is 30.5 Å². The number of aliphatic hydroxyl groups is 4. The smallest absolute Gasteiger partial charge is 0.114 e. The van der Waals surface area contributed by atoms with Crippen molar-refractivity contribution in [3.63, 3.8) is 0 Å². The van der Waals surface area contributed by atoms with Crippen molar-refractivity contribution >= 4 is 0 Å². The van der Waals surface area contributed by atoms with E-state index in [0.717, 1.165) is 0 Å². The van der Waals surface area contributed by atoms with Crippen molar-refractivity contribution < 1.29 is 29.9 Å². The lowest BCUT2D eigenvalue weighted by atomic mass is 9.95. The lowest BCUT2D eigenvalue weighted by Gasteiger charge is -2.40. The van der Waals surface area contributed by atoms with Crippen LogP contribution in [0.15, 0.2) is 0 Å². The molecule has 4 N–H and O–H groups in total. The second kappa shape index (κ2) is 5.01. The Balaban J connectivity index is 2.72. The van der Waals surface area contributed by atoms with Gasteiger partial charge < -0.3 is 29.9 Å². The van der Waals surface area contributed by atoms with Gasteiger partial charge in [-0.1, -0.05) is 0 Å². The Morgan fingerprint density at radius 1 is 1.07 bits per heavy atom. The number of methoxy groups -OCH3 is 1. The number of ether oxygens (including phenoxy) is 2. The van der Waals surface area contributed by atoms with Gasteiger partial charge in [0.15, 0.2) is 0 Å². The number of hydrogen-bond acceptors (Lipinski definition) is 6. The highest BCUT2D eigenvalue weighted by Crippen LogP contribution is 2.22. The molecule has 0 aliphatic carbocycles. The second-order valence-electron chi connectivity index (χ2n) is 3.26. The fraction of sp³-hybridized carbons (Fsp3) is 1.00. The highest BCUT2D eigenvalue weighted by Gasteiger charge is 2.44. The summed E-state index contributed by atoms with van der Waals surface area (Å²) in [6, 6.07) is 0. The molecule has 14 heavy (non-hydrogen) atoms. The van der Waals surface area contributed by atoms with Crippen molar-refractivity contribution in [1.82, 2.24) is 0 Å². The van der Waals surface area contributed by atoms with Crippen molar-refractivity contribution in [2.24, 2.45) is 0 Å². The van der Waals surface area contributed by atoms with Crippen molar-refractivity contribution in [3.05, 3.63) is 0 Å². The van der Waals surface area contributed by atoms with Gasteiger partial charge in [0.05, 0.1) is 13.2 Å². The fourth-order valence-corrected chi connectivity index (χ4v) is 1.59. The Morgan fingerprint density at radius 3 is 1.79 bits per heavy atom. The highest BCUT2D eigenvalue weighted by atomic mass is 16.6. The second-order valence-corrected chi connectivity index (χ2v) is 3.26. The third-order valence-electron chi connectivity index (χ3n) is 2.42. The van der Waals surface area contributed by atoms with Crippen LogP contribution in [0.4, 0.5) is 0 Å². The molecule has 1 fully saturated rings. The number of aliphatic hydroxyl groups excluding tert-OH is 4. The Bertz CT molecular complexity index is 159. The zero-order valence-electron chi connectivity index (χ0n) is 7.91. The van der Waals surface area contributed by atoms with E-state index in [1.165, 1.54) is 7.11 Å². The predicted molar refractivity (Wildman–Crippen MR) is 45.6 cm³/mol. The van der Waals surface area contributed by atoms with E-state index in [1.807, 2.05) is 0 Å². The summed E-state index contributed by atoms with van der Waals surface area (Å²) >= 11 is 0. The number of rotatable bonds is 3. The quantitative estimate of drug-likeness (QED) is 0.408. The summed E-state index contributed by atoms with van der Waals surface area (Å²) < 4.78 is 9.94. The predicted octanol–water partition coefficient (Wildman–Crippen LogP) is -2.52. The Kier molecular flexibility index (Phi) is 4.24. The van der Waals surface area contributed by atoms with Crippen LogP contribution in [0.1, 0.15) is 0 Å². The molecule has 1 aliphatic rings. The third-order valence-corrected chi connectivity index (χ3v) is 2.42. The summed E-state index contributed by atoms with van der Waals surface area (Å²) in [5.41, 5.74) is 0. The first-order valence-electron chi connectivity index (χ1n) is 4.41. The molecule has 0 spiro atoms. The summed E-state index contributed by atoms with van der Waals surface area (Å²) in [6.07, 6.45) is -4.70. The third kappa shape index (κ3) is 2.05. The monoisotopic (exact) mass is 208 g/mol. The van der Waals surface area contributed by atoms with Crippen LogP contribution >= 0.6 is 0 Å². The van der Waals surface area contributed by atoms with Crippen LogP contribution in [0, 0.1) is 0 Å². The van der Waals surface area contributed by atoms with Crippen molar-refractivity contribution in [2.75, 3.05) is 20.3 Å². The van der Waals surface area contributed by atoms with Gasteiger partial charge in [-0.15, -0.1) is 0 Å². The van der Waals surface area contributed by atoms with Crippen LogP contribution in [0.2, 0.25) is 0 Å². The Morgan fingerprint density at radius 2 is 1.50 bits per heavy atom. The largest absolute Gasteiger partial charge is 0.394 e. The van der Waals surface area contributed by atoms with Gasteiger partial charge in [-0.05, 0) is 0 Å². The van der Waals surface area contributed by atoms with E-state index in [9.17, 15) is 10.2 Å². The van der Waals surface area contributed by atoms with Crippen LogP contribution < -0.4 is 0 Å². The standard InChI is InChI=1S/C8H16O6/c1-13-8-6(11)4(2-9)14-5(3-10)7(8)12/h4-12H,2-3H2,1H3/t4-,5?,6+,7+,8?/m0/s1. The first-order chi connectivity index (χ1) is 6.65. The van der Waals surface area contributed by atoms with Gasteiger partial charge in [-0.3, -0.25) is 0 Å². The maximum atomic E-state index is 9.56. The van der Waals surface area contributed by atoms with Gasteiger partial charge in [-0.2, -0.15) is 0 Å². The zero-order chi connectivity index (χ0) is 10.7. The molecule has 84 valence electrons. The summed E-state index contributed by atoms with van der Waals surface area (Å²) in [7, 11) is 1.34. The molecular formula is C8H16O6. The Labute approximate surface area is 81.7 Å². The van der Waals surface area contributed by atoms with Crippen LogP contribution in [-0.2, 0) is 9.47 Å². The molecule has 1 rings (SSSR count). The van der Waals surface area contributed by atoms with Crippen LogP contribution in [0.5, 0.6) is 0 Å². The van der Waals surface area contributed by atoms with Gasteiger partial charge in [-0.25, -0.2) is 0 Å².